The van der Waals surface area contributed by atoms with Gasteiger partial charge in [-0.3, -0.25) is 13.9 Å². The van der Waals surface area contributed by atoms with Gasteiger partial charge in [-0.2, -0.15) is 0 Å². The molecule has 2 amide bonds. The Morgan fingerprint density at radius 2 is 1.72 bits per heavy atom. The van der Waals surface area contributed by atoms with Gasteiger partial charge in [0.2, 0.25) is 21.8 Å². The highest BCUT2D eigenvalue weighted by Gasteiger charge is 2.27. The van der Waals surface area contributed by atoms with E-state index in [0.29, 0.717) is 22.2 Å². The first-order chi connectivity index (χ1) is 17.0. The second kappa shape index (κ2) is 14.1. The highest BCUT2D eigenvalue weighted by atomic mass is 35.5. The van der Waals surface area contributed by atoms with Crippen LogP contribution in [0.25, 0.3) is 0 Å². The number of nitrogens with one attached hydrogen (secondary N) is 1. The first-order valence-electron chi connectivity index (χ1n) is 11.7. The Bertz CT molecular complexity index is 1160. The van der Waals surface area contributed by atoms with Gasteiger partial charge in [-0.15, -0.1) is 0 Å². The van der Waals surface area contributed by atoms with Crippen molar-refractivity contribution in [2.45, 2.75) is 52.1 Å². The second-order valence-electron chi connectivity index (χ2n) is 8.47. The lowest BCUT2D eigenvalue weighted by Gasteiger charge is -2.30. The van der Waals surface area contributed by atoms with Crippen molar-refractivity contribution in [1.29, 1.82) is 0 Å². The summed E-state index contributed by atoms with van der Waals surface area (Å²) >= 11 is 18.6. The van der Waals surface area contributed by atoms with Gasteiger partial charge >= 0.3 is 0 Å². The van der Waals surface area contributed by atoms with Gasteiger partial charge in [-0.05, 0) is 49.6 Å². The van der Waals surface area contributed by atoms with Crippen LogP contribution in [0, 0.1) is 0 Å². The predicted octanol–water partition coefficient (Wildman–Crippen LogP) is 5.53. The van der Waals surface area contributed by atoms with E-state index < -0.39 is 16.1 Å². The molecule has 2 aromatic rings. The number of carbonyl (C=O) groups is 2. The molecule has 1 N–H and O–H groups in total. The summed E-state index contributed by atoms with van der Waals surface area (Å²) in [6.45, 7) is 4.39. The molecule has 0 radical (unpaired) electrons. The molecule has 0 saturated carbocycles. The van der Waals surface area contributed by atoms with Crippen molar-refractivity contribution in [3.05, 3.63) is 63.1 Å². The number of halogens is 3. The summed E-state index contributed by atoms with van der Waals surface area (Å²) < 4.78 is 26.1. The van der Waals surface area contributed by atoms with Crippen LogP contribution in [0.15, 0.2) is 42.5 Å². The second-order valence-corrected chi connectivity index (χ2v) is 11.6. The highest BCUT2D eigenvalue weighted by Crippen LogP contribution is 2.31. The van der Waals surface area contributed by atoms with Crippen molar-refractivity contribution in [2.75, 3.05) is 23.7 Å². The molecular weight excluding hydrogens is 545 g/mol. The maximum absolute atomic E-state index is 13.3. The van der Waals surface area contributed by atoms with Gasteiger partial charge in [0.15, 0.2) is 0 Å². The van der Waals surface area contributed by atoms with E-state index in [1.807, 2.05) is 13.0 Å². The zero-order chi connectivity index (χ0) is 26.9. The standard InChI is InChI=1S/C25H32Cl3N3O4S/c1-4-5-14-29-25(33)18(2)30(17-19-9-6-7-10-21(19)27)24(32)11-8-15-31(36(3,34)35)23-16-20(26)12-13-22(23)28/h6-7,9-10,12-13,16,18H,4-5,8,11,14-15,17H2,1-3H3,(H,29,33). The van der Waals surface area contributed by atoms with Gasteiger partial charge < -0.3 is 10.2 Å². The molecule has 0 spiro atoms. The van der Waals surface area contributed by atoms with Crippen molar-refractivity contribution < 1.29 is 18.0 Å². The quantitative estimate of drug-likeness (QED) is 0.318. The van der Waals surface area contributed by atoms with Crippen molar-refractivity contribution in [2.24, 2.45) is 0 Å². The van der Waals surface area contributed by atoms with Crippen molar-refractivity contribution in [3.63, 3.8) is 0 Å². The predicted molar refractivity (Wildman–Crippen MR) is 147 cm³/mol. The van der Waals surface area contributed by atoms with E-state index in [9.17, 15) is 18.0 Å². The summed E-state index contributed by atoms with van der Waals surface area (Å²) in [6, 6.07) is 11.0. The van der Waals surface area contributed by atoms with Crippen LogP contribution in [0.5, 0.6) is 0 Å². The molecule has 0 aliphatic heterocycles. The summed E-state index contributed by atoms with van der Waals surface area (Å²) in [5.41, 5.74) is 0.958. The Morgan fingerprint density at radius 1 is 1.03 bits per heavy atom. The molecule has 1 atom stereocenters. The number of benzene rings is 2. The van der Waals surface area contributed by atoms with Crippen LogP contribution in [0.3, 0.4) is 0 Å². The summed E-state index contributed by atoms with van der Waals surface area (Å²) in [5, 5.41) is 3.93. The van der Waals surface area contributed by atoms with Crippen LogP contribution in [0.1, 0.15) is 45.1 Å². The van der Waals surface area contributed by atoms with Crippen molar-refractivity contribution in [3.8, 4) is 0 Å². The average molecular weight is 577 g/mol. The number of hydrogen-bond donors (Lipinski definition) is 1. The number of sulfonamides is 1. The molecule has 0 saturated heterocycles. The van der Waals surface area contributed by atoms with Crippen molar-refractivity contribution >= 4 is 62.3 Å². The summed E-state index contributed by atoms with van der Waals surface area (Å²) in [5.74, 6) is -0.550. The maximum atomic E-state index is 13.3. The third-order valence-electron chi connectivity index (χ3n) is 5.62. The Labute approximate surface area is 228 Å². The Kier molecular flexibility index (Phi) is 11.8. The normalized spacial score (nSPS) is 12.2. The lowest BCUT2D eigenvalue weighted by Crippen LogP contribution is -2.48. The molecule has 0 fully saturated rings. The molecule has 0 heterocycles. The van der Waals surface area contributed by atoms with Gasteiger partial charge in [0.25, 0.3) is 0 Å². The van der Waals surface area contributed by atoms with E-state index >= 15 is 0 Å². The van der Waals surface area contributed by atoms with Crippen LogP contribution in [-0.2, 0) is 26.2 Å². The minimum Gasteiger partial charge on any atom is -0.354 e. The summed E-state index contributed by atoms with van der Waals surface area (Å²) in [7, 11) is -3.69. The number of hydrogen-bond acceptors (Lipinski definition) is 4. The van der Waals surface area contributed by atoms with E-state index in [0.717, 1.165) is 23.4 Å². The molecular formula is C25H32Cl3N3O4S. The molecule has 198 valence electrons. The van der Waals surface area contributed by atoms with E-state index in [1.54, 1.807) is 31.2 Å². The lowest BCUT2D eigenvalue weighted by atomic mass is 10.1. The molecule has 2 rings (SSSR count). The number of unbranched alkanes of at least 4 members (excludes halogenated alkanes) is 1. The Hall–Kier alpha value is -2.00. The van der Waals surface area contributed by atoms with Gasteiger partial charge in [0, 0.05) is 36.1 Å². The highest BCUT2D eigenvalue weighted by molar-refractivity contribution is 7.92. The number of amides is 2. The number of anilines is 1. The third-order valence-corrected chi connectivity index (χ3v) is 7.73. The number of carbonyl (C=O) groups excluding carboxylic acids is 2. The molecule has 7 nitrogen and oxygen atoms in total. The van der Waals surface area contributed by atoms with Gasteiger partial charge in [0.1, 0.15) is 6.04 Å². The zero-order valence-corrected chi connectivity index (χ0v) is 23.7. The maximum Gasteiger partial charge on any atom is 0.242 e. The Morgan fingerprint density at radius 3 is 2.36 bits per heavy atom. The average Bonchev–Trinajstić information content (AvgIpc) is 2.81. The molecule has 0 aliphatic carbocycles. The first kappa shape index (κ1) is 30.2. The lowest BCUT2D eigenvalue weighted by molar-refractivity contribution is -0.140. The van der Waals surface area contributed by atoms with E-state index in [4.69, 9.17) is 34.8 Å². The van der Waals surface area contributed by atoms with Crippen LogP contribution < -0.4 is 9.62 Å². The fourth-order valence-corrected chi connectivity index (χ4v) is 5.19. The van der Waals surface area contributed by atoms with E-state index in [2.05, 4.69) is 5.32 Å². The fraction of sp³-hybridized carbons (Fsp3) is 0.440. The summed E-state index contributed by atoms with van der Waals surface area (Å²) in [4.78, 5) is 27.5. The molecule has 0 bridgehead atoms. The smallest absolute Gasteiger partial charge is 0.242 e. The zero-order valence-electron chi connectivity index (χ0n) is 20.6. The van der Waals surface area contributed by atoms with Crippen molar-refractivity contribution in [1.82, 2.24) is 10.2 Å². The van der Waals surface area contributed by atoms with Gasteiger partial charge in [-0.1, -0.05) is 66.3 Å². The van der Waals surface area contributed by atoms with Crippen LogP contribution >= 0.6 is 34.8 Å². The minimum atomic E-state index is -3.69. The van der Waals surface area contributed by atoms with E-state index in [1.165, 1.54) is 17.0 Å². The van der Waals surface area contributed by atoms with Crippen LogP contribution in [0.2, 0.25) is 15.1 Å². The molecule has 0 aliphatic rings. The SMILES string of the molecule is CCCCNC(=O)C(C)N(Cc1ccccc1Cl)C(=O)CCCN(c1cc(Cl)ccc1Cl)S(C)(=O)=O. The third kappa shape index (κ3) is 8.83. The molecule has 0 aromatic heterocycles. The monoisotopic (exact) mass is 575 g/mol. The van der Waals surface area contributed by atoms with Gasteiger partial charge in [-0.25, -0.2) is 8.42 Å². The first-order valence-corrected chi connectivity index (χ1v) is 14.7. The molecule has 1 unspecified atom stereocenters. The number of rotatable bonds is 13. The summed E-state index contributed by atoms with van der Waals surface area (Å²) in [6.07, 6.45) is 3.06. The number of nitrogens with zero attached hydrogens (tertiary/aromatic N) is 2. The fourth-order valence-electron chi connectivity index (χ4n) is 3.59. The van der Waals surface area contributed by atoms with E-state index in [-0.39, 0.29) is 48.5 Å². The van der Waals surface area contributed by atoms with Crippen LogP contribution in [-0.4, -0.2) is 50.5 Å². The largest absolute Gasteiger partial charge is 0.354 e. The topological polar surface area (TPSA) is 86.8 Å². The Balaban J connectivity index is 2.19. The molecule has 11 heteroatoms. The molecule has 2 aromatic carbocycles. The van der Waals surface area contributed by atoms with Crippen LogP contribution in [0.4, 0.5) is 5.69 Å². The van der Waals surface area contributed by atoms with Gasteiger partial charge in [0.05, 0.1) is 17.0 Å². The minimum absolute atomic E-state index is 0.0151. The molecule has 36 heavy (non-hydrogen) atoms.